The van der Waals surface area contributed by atoms with Crippen molar-refractivity contribution in [1.29, 1.82) is 0 Å². The summed E-state index contributed by atoms with van der Waals surface area (Å²) in [4.78, 5) is 0. The van der Waals surface area contributed by atoms with Crippen LogP contribution in [0.2, 0.25) is 0 Å². The van der Waals surface area contributed by atoms with Gasteiger partial charge in [-0.1, -0.05) is 188 Å². The number of hydrogen-bond donors (Lipinski definition) is 0. The van der Waals surface area contributed by atoms with Gasteiger partial charge in [-0.3, -0.25) is 0 Å². The highest BCUT2D eigenvalue weighted by molar-refractivity contribution is 7.20. The van der Waals surface area contributed by atoms with E-state index in [2.05, 4.69) is 252 Å². The van der Waals surface area contributed by atoms with Crippen LogP contribution < -0.4 is 20.7 Å². The lowest BCUT2D eigenvalue weighted by Gasteiger charge is -2.35. The van der Waals surface area contributed by atoms with Crippen molar-refractivity contribution in [3.05, 3.63) is 243 Å². The summed E-state index contributed by atoms with van der Waals surface area (Å²) in [6.45, 7) is 0. The summed E-state index contributed by atoms with van der Waals surface area (Å²) in [7, 11) is -3.04. The van der Waals surface area contributed by atoms with Gasteiger partial charge in [-0.2, -0.15) is 0 Å². The molecule has 0 aliphatic carbocycles. The maximum absolute atomic E-state index is 7.02. The quantitative estimate of drug-likeness (QED) is 0.116. The van der Waals surface area contributed by atoms with Gasteiger partial charge in [0.2, 0.25) is 0 Å². The standard InChI is InChI=1S/C60H40N2OSi/c1-4-18-41(19-5-1)42-32-35-46(36-33-42)64(44-20-6-2-7-21-44,45-22-8-3-9-23-45)47-39-53-51-27-13-17-31-59(51)63-60(53)58(40-47)62-56-30-16-12-26-50(56)52-38-43(34-37-57(52)62)61-54-28-14-10-24-48(54)49-25-11-15-29-55(49)61/h1-40H. The Balaban J connectivity index is 1.13. The van der Waals surface area contributed by atoms with Crippen LogP contribution >= 0.6 is 0 Å². The highest BCUT2D eigenvalue weighted by Crippen LogP contribution is 2.40. The van der Waals surface area contributed by atoms with Gasteiger partial charge in [-0.25, -0.2) is 0 Å². The van der Waals surface area contributed by atoms with Crippen molar-refractivity contribution in [2.75, 3.05) is 0 Å². The van der Waals surface area contributed by atoms with Gasteiger partial charge in [0.05, 0.1) is 27.8 Å². The highest BCUT2D eigenvalue weighted by atomic mass is 28.3. The third kappa shape index (κ3) is 5.39. The fraction of sp³-hybridized carbons (Fsp3) is 0. The van der Waals surface area contributed by atoms with Crippen LogP contribution in [0, 0.1) is 0 Å². The van der Waals surface area contributed by atoms with Crippen molar-refractivity contribution in [2.24, 2.45) is 0 Å². The molecule has 300 valence electrons. The van der Waals surface area contributed by atoms with Crippen molar-refractivity contribution in [3.8, 4) is 22.5 Å². The van der Waals surface area contributed by atoms with Gasteiger partial charge in [-0.05, 0) is 86.5 Å². The maximum atomic E-state index is 7.02. The molecule has 0 saturated carbocycles. The Morgan fingerprint density at radius 2 is 0.766 bits per heavy atom. The first-order valence-corrected chi connectivity index (χ1v) is 24.0. The summed E-state index contributed by atoms with van der Waals surface area (Å²) < 4.78 is 11.9. The first-order chi connectivity index (χ1) is 31.8. The fourth-order valence-electron chi connectivity index (χ4n) is 10.7. The van der Waals surface area contributed by atoms with E-state index in [1.165, 1.54) is 64.5 Å². The lowest BCUT2D eigenvalue weighted by molar-refractivity contribution is 0.666. The summed E-state index contributed by atoms with van der Waals surface area (Å²) in [6.07, 6.45) is 0. The number of aromatic nitrogens is 2. The van der Waals surface area contributed by atoms with Gasteiger partial charge >= 0.3 is 0 Å². The molecule has 0 aliphatic rings. The molecule has 0 fully saturated rings. The molecule has 0 radical (unpaired) electrons. The molecule has 10 aromatic carbocycles. The first-order valence-electron chi connectivity index (χ1n) is 22.0. The molecule has 0 saturated heterocycles. The second-order valence-corrected chi connectivity index (χ2v) is 20.6. The molecule has 3 nitrogen and oxygen atoms in total. The van der Waals surface area contributed by atoms with E-state index in [0.29, 0.717) is 0 Å². The Hall–Kier alpha value is -8.18. The third-order valence-electron chi connectivity index (χ3n) is 13.5. The molecule has 0 spiro atoms. The Morgan fingerprint density at radius 1 is 0.297 bits per heavy atom. The third-order valence-corrected chi connectivity index (χ3v) is 18.2. The summed E-state index contributed by atoms with van der Waals surface area (Å²) in [5, 5.41) is 12.4. The fourth-order valence-corrected chi connectivity index (χ4v) is 15.4. The van der Waals surface area contributed by atoms with Gasteiger partial charge in [0.1, 0.15) is 5.58 Å². The van der Waals surface area contributed by atoms with Gasteiger partial charge < -0.3 is 13.6 Å². The van der Waals surface area contributed by atoms with Crippen LogP contribution in [-0.2, 0) is 0 Å². The van der Waals surface area contributed by atoms with E-state index in [9.17, 15) is 0 Å². The van der Waals surface area contributed by atoms with E-state index in [0.717, 1.165) is 44.3 Å². The first kappa shape index (κ1) is 36.5. The topological polar surface area (TPSA) is 23.0 Å². The maximum Gasteiger partial charge on any atom is 0.179 e. The number of fused-ring (bicyclic) bond motifs is 9. The molecule has 0 bridgehead atoms. The van der Waals surface area contributed by atoms with Crippen LogP contribution in [-0.4, -0.2) is 17.2 Å². The van der Waals surface area contributed by atoms with Crippen molar-refractivity contribution in [2.45, 2.75) is 0 Å². The van der Waals surface area contributed by atoms with Crippen LogP contribution in [0.3, 0.4) is 0 Å². The smallest absolute Gasteiger partial charge is 0.179 e. The predicted molar refractivity (Wildman–Crippen MR) is 271 cm³/mol. The van der Waals surface area contributed by atoms with Crippen molar-refractivity contribution < 1.29 is 4.42 Å². The van der Waals surface area contributed by atoms with Crippen LogP contribution in [0.1, 0.15) is 0 Å². The zero-order valence-corrected chi connectivity index (χ0v) is 35.9. The predicted octanol–water partition coefficient (Wildman–Crippen LogP) is 12.8. The number of benzene rings is 10. The minimum absolute atomic E-state index is 0.877. The van der Waals surface area contributed by atoms with Gasteiger partial charge in [-0.15, -0.1) is 0 Å². The molecule has 0 amide bonds. The van der Waals surface area contributed by atoms with E-state index < -0.39 is 8.07 Å². The van der Waals surface area contributed by atoms with E-state index in [4.69, 9.17) is 4.42 Å². The number of rotatable bonds is 7. The van der Waals surface area contributed by atoms with Crippen LogP contribution in [0.4, 0.5) is 0 Å². The molecule has 4 heteroatoms. The molecule has 13 rings (SSSR count). The Kier molecular flexibility index (Phi) is 8.23. The lowest BCUT2D eigenvalue weighted by Crippen LogP contribution is -2.74. The molecule has 0 atom stereocenters. The van der Waals surface area contributed by atoms with E-state index in [1.807, 2.05) is 0 Å². The summed E-state index contributed by atoms with van der Waals surface area (Å²) in [5.41, 5.74) is 11.0. The minimum Gasteiger partial charge on any atom is -0.454 e. The minimum atomic E-state index is -3.04. The largest absolute Gasteiger partial charge is 0.454 e. The van der Waals surface area contributed by atoms with E-state index >= 15 is 0 Å². The van der Waals surface area contributed by atoms with Crippen LogP contribution in [0.15, 0.2) is 247 Å². The van der Waals surface area contributed by atoms with Gasteiger partial charge in [0.25, 0.3) is 0 Å². The molecular formula is C60H40N2OSi. The molecular weight excluding hydrogens is 793 g/mol. The summed E-state index contributed by atoms with van der Waals surface area (Å²) in [6, 6.07) is 89.3. The van der Waals surface area contributed by atoms with Crippen LogP contribution in [0.5, 0.6) is 0 Å². The molecule has 3 aromatic heterocycles. The number of para-hydroxylation sites is 4. The molecule has 0 N–H and O–H groups in total. The highest BCUT2D eigenvalue weighted by Gasteiger charge is 2.42. The average molecular weight is 833 g/mol. The summed E-state index contributed by atoms with van der Waals surface area (Å²) >= 11 is 0. The van der Waals surface area contributed by atoms with Crippen molar-refractivity contribution in [1.82, 2.24) is 9.13 Å². The second-order valence-electron chi connectivity index (χ2n) is 16.8. The lowest BCUT2D eigenvalue weighted by atomic mass is 10.1. The average Bonchev–Trinajstić information content (AvgIpc) is 4.03. The zero-order valence-electron chi connectivity index (χ0n) is 34.9. The molecule has 3 heterocycles. The second kappa shape index (κ2) is 14.5. The van der Waals surface area contributed by atoms with E-state index in [-0.39, 0.29) is 0 Å². The number of hydrogen-bond acceptors (Lipinski definition) is 1. The van der Waals surface area contributed by atoms with Crippen LogP contribution in [0.25, 0.3) is 88.1 Å². The summed E-state index contributed by atoms with van der Waals surface area (Å²) in [5.74, 6) is 0. The van der Waals surface area contributed by atoms with Gasteiger partial charge in [0.15, 0.2) is 13.7 Å². The molecule has 0 unspecified atom stereocenters. The Bertz CT molecular complexity index is 3790. The van der Waals surface area contributed by atoms with Crippen molar-refractivity contribution >= 4 is 94.4 Å². The monoisotopic (exact) mass is 832 g/mol. The normalized spacial score (nSPS) is 12.1. The molecule has 64 heavy (non-hydrogen) atoms. The van der Waals surface area contributed by atoms with Gasteiger partial charge in [0, 0.05) is 38.0 Å². The SMILES string of the molecule is c1ccc(-c2ccc([Si](c3ccccc3)(c3ccccc3)c3cc(-n4c5ccccc5c5cc(-n6c7ccccc7c7ccccc76)ccc54)c4oc5ccccc5c4c3)cc2)cc1. The number of furan rings is 1. The Morgan fingerprint density at radius 3 is 1.39 bits per heavy atom. The van der Waals surface area contributed by atoms with Crippen molar-refractivity contribution in [3.63, 3.8) is 0 Å². The Labute approximate surface area is 371 Å². The van der Waals surface area contributed by atoms with E-state index in [1.54, 1.807) is 0 Å². The zero-order chi connectivity index (χ0) is 42.2. The molecule has 13 aromatic rings. The molecule has 0 aliphatic heterocycles. The number of nitrogens with zero attached hydrogens (tertiary/aromatic N) is 2.